The second-order valence-corrected chi connectivity index (χ2v) is 4.27. The Morgan fingerprint density at radius 1 is 1.14 bits per heavy atom. The maximum absolute atomic E-state index is 10.6. The SMILES string of the molecule is CC(=O)Nc1cccc(C)n1.Nc1ccc(C(=O)O)cc1. The number of amides is 1. The summed E-state index contributed by atoms with van der Waals surface area (Å²) < 4.78 is 0. The molecular weight excluding hydrogens is 270 g/mol. The van der Waals surface area contributed by atoms with E-state index < -0.39 is 5.97 Å². The van der Waals surface area contributed by atoms with E-state index in [0.717, 1.165) is 5.69 Å². The number of aromatic carboxylic acids is 1. The van der Waals surface area contributed by atoms with Crippen molar-refractivity contribution in [3.8, 4) is 0 Å². The van der Waals surface area contributed by atoms with Crippen LogP contribution in [0.25, 0.3) is 0 Å². The van der Waals surface area contributed by atoms with Gasteiger partial charge in [-0.05, 0) is 43.3 Å². The van der Waals surface area contributed by atoms with Gasteiger partial charge in [0.2, 0.25) is 5.91 Å². The number of nitrogen functional groups attached to an aromatic ring is 1. The Hall–Kier alpha value is -2.89. The van der Waals surface area contributed by atoms with Gasteiger partial charge in [0.05, 0.1) is 5.56 Å². The first-order valence-electron chi connectivity index (χ1n) is 6.18. The van der Waals surface area contributed by atoms with Gasteiger partial charge in [0.1, 0.15) is 5.82 Å². The molecule has 2 aromatic rings. The van der Waals surface area contributed by atoms with Gasteiger partial charge < -0.3 is 16.2 Å². The number of pyridine rings is 1. The Labute approximate surface area is 122 Å². The number of carbonyl (C=O) groups excluding carboxylic acids is 1. The molecule has 1 amide bonds. The number of hydrogen-bond donors (Lipinski definition) is 3. The minimum atomic E-state index is -0.931. The molecule has 21 heavy (non-hydrogen) atoms. The van der Waals surface area contributed by atoms with E-state index in [2.05, 4.69) is 10.3 Å². The zero-order chi connectivity index (χ0) is 15.8. The first-order valence-corrected chi connectivity index (χ1v) is 6.18. The highest BCUT2D eigenvalue weighted by Crippen LogP contribution is 2.04. The van der Waals surface area contributed by atoms with Crippen molar-refractivity contribution in [3.63, 3.8) is 0 Å². The standard InChI is InChI=1S/C8H10N2O.C7H7NO2/c1-6-4-3-5-8(9-6)10-7(2)11;8-6-3-1-5(2-4-6)7(9)10/h3-5H,1-2H3,(H,9,10,11);1-4H,8H2,(H,9,10). The summed E-state index contributed by atoms with van der Waals surface area (Å²) in [6.07, 6.45) is 0. The Kier molecular flexibility index (Phi) is 5.88. The normalized spacial score (nSPS) is 9.24. The van der Waals surface area contributed by atoms with E-state index in [9.17, 15) is 9.59 Å². The average molecular weight is 287 g/mol. The van der Waals surface area contributed by atoms with Crippen LogP contribution in [-0.2, 0) is 4.79 Å². The lowest BCUT2D eigenvalue weighted by atomic mass is 10.2. The monoisotopic (exact) mass is 287 g/mol. The van der Waals surface area contributed by atoms with Gasteiger partial charge >= 0.3 is 5.97 Å². The summed E-state index contributed by atoms with van der Waals surface area (Å²) in [6.45, 7) is 3.34. The van der Waals surface area contributed by atoms with Gasteiger partial charge in [0, 0.05) is 18.3 Å². The molecule has 110 valence electrons. The van der Waals surface area contributed by atoms with E-state index in [4.69, 9.17) is 10.8 Å². The predicted molar refractivity (Wildman–Crippen MR) is 81.1 cm³/mol. The number of carbonyl (C=O) groups is 2. The minimum Gasteiger partial charge on any atom is -0.478 e. The largest absolute Gasteiger partial charge is 0.478 e. The number of rotatable bonds is 2. The number of carboxylic acids is 1. The molecule has 0 saturated heterocycles. The van der Waals surface area contributed by atoms with Crippen LogP contribution >= 0.6 is 0 Å². The molecule has 1 heterocycles. The predicted octanol–water partition coefficient (Wildman–Crippen LogP) is 2.32. The van der Waals surface area contributed by atoms with E-state index in [1.54, 1.807) is 18.2 Å². The van der Waals surface area contributed by atoms with Gasteiger partial charge in [-0.3, -0.25) is 4.79 Å². The molecule has 4 N–H and O–H groups in total. The van der Waals surface area contributed by atoms with Crippen molar-refractivity contribution in [1.29, 1.82) is 0 Å². The molecule has 0 aliphatic rings. The van der Waals surface area contributed by atoms with Crippen LogP contribution in [0, 0.1) is 6.92 Å². The number of benzene rings is 1. The number of carboxylic acid groups (broad SMARTS) is 1. The molecule has 0 aliphatic heterocycles. The Morgan fingerprint density at radius 2 is 1.76 bits per heavy atom. The molecule has 0 atom stereocenters. The van der Waals surface area contributed by atoms with Crippen LogP contribution in [0.15, 0.2) is 42.5 Å². The first-order chi connectivity index (χ1) is 9.88. The number of aromatic nitrogens is 1. The Balaban J connectivity index is 0.000000211. The van der Waals surface area contributed by atoms with Crippen molar-refractivity contribution >= 4 is 23.4 Å². The van der Waals surface area contributed by atoms with E-state index in [1.165, 1.54) is 19.1 Å². The van der Waals surface area contributed by atoms with Gasteiger partial charge in [-0.15, -0.1) is 0 Å². The number of nitrogens with zero attached hydrogens (tertiary/aromatic N) is 1. The molecule has 0 unspecified atom stereocenters. The van der Waals surface area contributed by atoms with Gasteiger partial charge in [0.25, 0.3) is 0 Å². The fourth-order valence-corrected chi connectivity index (χ4v) is 1.42. The average Bonchev–Trinajstić information content (AvgIpc) is 2.39. The van der Waals surface area contributed by atoms with Crippen molar-refractivity contribution in [2.24, 2.45) is 0 Å². The highest BCUT2D eigenvalue weighted by atomic mass is 16.4. The third kappa shape index (κ3) is 6.20. The molecule has 0 bridgehead atoms. The molecule has 0 spiro atoms. The smallest absolute Gasteiger partial charge is 0.335 e. The van der Waals surface area contributed by atoms with E-state index >= 15 is 0 Å². The number of nitrogens with one attached hydrogen (secondary N) is 1. The number of aryl methyl sites for hydroxylation is 1. The summed E-state index contributed by atoms with van der Waals surface area (Å²) in [5.74, 6) is -0.416. The summed E-state index contributed by atoms with van der Waals surface area (Å²) >= 11 is 0. The van der Waals surface area contributed by atoms with Crippen LogP contribution in [0.5, 0.6) is 0 Å². The van der Waals surface area contributed by atoms with Gasteiger partial charge in [-0.1, -0.05) is 6.07 Å². The fraction of sp³-hybridized carbons (Fsp3) is 0.133. The molecular formula is C15H17N3O3. The third-order valence-electron chi connectivity index (χ3n) is 2.35. The molecule has 0 radical (unpaired) electrons. The van der Waals surface area contributed by atoms with Crippen molar-refractivity contribution < 1.29 is 14.7 Å². The molecule has 0 saturated carbocycles. The first kappa shape index (κ1) is 16.2. The Bertz CT molecular complexity index is 624. The van der Waals surface area contributed by atoms with Crippen molar-refractivity contribution in [2.45, 2.75) is 13.8 Å². The highest BCUT2D eigenvalue weighted by molar-refractivity contribution is 5.88. The molecule has 0 fully saturated rings. The molecule has 6 heteroatoms. The van der Waals surface area contributed by atoms with Gasteiger partial charge in [-0.2, -0.15) is 0 Å². The molecule has 0 aliphatic carbocycles. The second kappa shape index (κ2) is 7.64. The van der Waals surface area contributed by atoms with E-state index in [-0.39, 0.29) is 11.5 Å². The summed E-state index contributed by atoms with van der Waals surface area (Å²) in [5, 5.41) is 11.0. The fourth-order valence-electron chi connectivity index (χ4n) is 1.42. The molecule has 6 nitrogen and oxygen atoms in total. The van der Waals surface area contributed by atoms with Gasteiger partial charge in [0.15, 0.2) is 0 Å². The van der Waals surface area contributed by atoms with E-state index in [0.29, 0.717) is 11.5 Å². The molecule has 2 rings (SSSR count). The lowest BCUT2D eigenvalue weighted by Gasteiger charge is -1.99. The minimum absolute atomic E-state index is 0.0944. The van der Waals surface area contributed by atoms with Gasteiger partial charge in [-0.25, -0.2) is 9.78 Å². The maximum atomic E-state index is 10.6. The Morgan fingerprint density at radius 3 is 2.24 bits per heavy atom. The van der Waals surface area contributed by atoms with Crippen LogP contribution < -0.4 is 11.1 Å². The zero-order valence-electron chi connectivity index (χ0n) is 11.8. The third-order valence-corrected chi connectivity index (χ3v) is 2.35. The molecule has 1 aromatic heterocycles. The number of nitrogens with two attached hydrogens (primary N) is 1. The summed E-state index contributed by atoms with van der Waals surface area (Å²) in [7, 11) is 0. The van der Waals surface area contributed by atoms with Crippen LogP contribution in [-0.4, -0.2) is 22.0 Å². The van der Waals surface area contributed by atoms with Crippen LogP contribution in [0.4, 0.5) is 11.5 Å². The van der Waals surface area contributed by atoms with Crippen molar-refractivity contribution in [3.05, 3.63) is 53.7 Å². The van der Waals surface area contributed by atoms with Crippen LogP contribution in [0.3, 0.4) is 0 Å². The van der Waals surface area contributed by atoms with Crippen molar-refractivity contribution in [1.82, 2.24) is 4.98 Å². The van der Waals surface area contributed by atoms with Crippen molar-refractivity contribution in [2.75, 3.05) is 11.1 Å². The molecule has 1 aromatic carbocycles. The summed E-state index contributed by atoms with van der Waals surface area (Å²) in [4.78, 5) is 24.9. The summed E-state index contributed by atoms with van der Waals surface area (Å²) in [5.41, 5.74) is 7.07. The number of anilines is 2. The maximum Gasteiger partial charge on any atom is 0.335 e. The van der Waals surface area contributed by atoms with Crippen LogP contribution in [0.1, 0.15) is 23.0 Å². The number of hydrogen-bond acceptors (Lipinski definition) is 4. The zero-order valence-corrected chi connectivity index (χ0v) is 11.8. The van der Waals surface area contributed by atoms with E-state index in [1.807, 2.05) is 19.1 Å². The van der Waals surface area contributed by atoms with Crippen LogP contribution in [0.2, 0.25) is 0 Å². The lowest BCUT2D eigenvalue weighted by Crippen LogP contribution is -2.07. The lowest BCUT2D eigenvalue weighted by molar-refractivity contribution is -0.114. The second-order valence-electron chi connectivity index (χ2n) is 4.27. The quantitative estimate of drug-likeness (QED) is 0.735. The topological polar surface area (TPSA) is 105 Å². The highest BCUT2D eigenvalue weighted by Gasteiger charge is 1.98. The summed E-state index contributed by atoms with van der Waals surface area (Å²) in [6, 6.07) is 11.6.